The van der Waals surface area contributed by atoms with Crippen LogP contribution in [0.5, 0.6) is 5.75 Å². The number of Topliss-reactive ketones (excluding diaryl/α,β-unsaturated/α-hetero) is 1. The van der Waals surface area contributed by atoms with Crippen LogP contribution in [-0.4, -0.2) is 41.0 Å². The monoisotopic (exact) mass is 352 g/mol. The van der Waals surface area contributed by atoms with Crippen molar-refractivity contribution in [3.63, 3.8) is 0 Å². The van der Waals surface area contributed by atoms with Gasteiger partial charge in [0, 0.05) is 37.3 Å². The van der Waals surface area contributed by atoms with Gasteiger partial charge in [-0.3, -0.25) is 19.2 Å². The number of esters is 1. The Balaban J connectivity index is 2.23. The van der Waals surface area contributed by atoms with Gasteiger partial charge in [0.1, 0.15) is 0 Å². The average Bonchev–Trinajstić information content (AvgIpc) is 2.58. The van der Waals surface area contributed by atoms with E-state index in [1.807, 2.05) is 0 Å². The zero-order valence-corrected chi connectivity index (χ0v) is 14.5. The molecule has 138 valence electrons. The summed E-state index contributed by atoms with van der Waals surface area (Å²) in [6.45, 7) is 2.25. The Kier molecular flexibility index (Phi) is 8.38. The zero-order chi connectivity index (χ0) is 18.8. The van der Waals surface area contributed by atoms with Crippen LogP contribution in [0.2, 0.25) is 0 Å². The molecule has 0 aliphatic heterocycles. The zero-order valence-electron chi connectivity index (χ0n) is 14.5. The van der Waals surface area contributed by atoms with Crippen molar-refractivity contribution in [2.75, 3.05) is 13.7 Å². The molecule has 1 aromatic heterocycles. The number of carbonyl (C=O) groups is 3. The van der Waals surface area contributed by atoms with Crippen LogP contribution in [0.25, 0.3) is 0 Å². The molecule has 25 heavy (non-hydrogen) atoms. The predicted octanol–water partition coefficient (Wildman–Crippen LogP) is 0.671. The molecule has 0 saturated heterocycles. The third-order valence-electron chi connectivity index (χ3n) is 3.69. The van der Waals surface area contributed by atoms with E-state index in [1.165, 1.54) is 19.4 Å². The molecule has 0 radical (unpaired) electrons. The van der Waals surface area contributed by atoms with Crippen molar-refractivity contribution in [1.82, 2.24) is 9.88 Å². The molecule has 0 aromatic carbocycles. The first kappa shape index (κ1) is 20.4. The molecule has 0 fully saturated rings. The number of ether oxygens (including phenoxy) is 1. The summed E-state index contributed by atoms with van der Waals surface area (Å²) < 4.78 is 6.19. The summed E-state index contributed by atoms with van der Waals surface area (Å²) in [5.41, 5.74) is 0.327. The molecule has 0 atom stereocenters. The van der Waals surface area contributed by atoms with Crippen LogP contribution in [0.3, 0.4) is 0 Å². The van der Waals surface area contributed by atoms with Crippen LogP contribution in [0, 0.1) is 6.92 Å². The summed E-state index contributed by atoms with van der Waals surface area (Å²) in [5, 5.41) is 11.9. The molecule has 0 unspecified atom stereocenters. The minimum absolute atomic E-state index is 0.0107. The fourth-order valence-electron chi connectivity index (χ4n) is 2.19. The number of amides is 1. The fourth-order valence-corrected chi connectivity index (χ4v) is 2.19. The van der Waals surface area contributed by atoms with Crippen molar-refractivity contribution in [3.05, 3.63) is 28.2 Å². The van der Waals surface area contributed by atoms with Gasteiger partial charge in [-0.1, -0.05) is 0 Å². The Labute approximate surface area is 145 Å². The Hall–Kier alpha value is -2.64. The summed E-state index contributed by atoms with van der Waals surface area (Å²) in [6.07, 6.45) is 3.01. The Bertz CT molecular complexity index is 680. The lowest BCUT2D eigenvalue weighted by atomic mass is 10.2. The van der Waals surface area contributed by atoms with Crippen molar-refractivity contribution in [1.29, 1.82) is 0 Å². The highest BCUT2D eigenvalue weighted by atomic mass is 16.5. The number of nitrogens with zero attached hydrogens (tertiary/aromatic N) is 1. The van der Waals surface area contributed by atoms with Crippen LogP contribution in [-0.2, 0) is 25.7 Å². The SMILES string of the molecule is COC(=O)CCC(=O)CNC(=O)CCCCn1cc(O)c(=O)cc1C. The standard InChI is InChI=1S/C17H24N2O6/c1-12-9-14(21)15(22)11-19(12)8-4-3-5-16(23)18-10-13(20)6-7-17(24)25-2/h9,11,22H,3-8,10H2,1-2H3,(H,18,23). The molecule has 8 heteroatoms. The van der Waals surface area contributed by atoms with E-state index in [0.29, 0.717) is 19.4 Å². The minimum atomic E-state index is -0.455. The lowest BCUT2D eigenvalue weighted by Crippen LogP contribution is -2.29. The molecule has 0 aliphatic carbocycles. The van der Waals surface area contributed by atoms with Crippen LogP contribution in [0.4, 0.5) is 0 Å². The van der Waals surface area contributed by atoms with Crippen molar-refractivity contribution >= 4 is 17.7 Å². The van der Waals surface area contributed by atoms with E-state index in [9.17, 15) is 24.3 Å². The summed E-state index contributed by atoms with van der Waals surface area (Å²) in [5.74, 6) is -1.21. The number of aromatic nitrogens is 1. The van der Waals surface area contributed by atoms with Crippen molar-refractivity contribution in [2.24, 2.45) is 0 Å². The van der Waals surface area contributed by atoms with Gasteiger partial charge in [0.2, 0.25) is 11.3 Å². The summed E-state index contributed by atoms with van der Waals surface area (Å²) in [7, 11) is 1.25. The number of pyridine rings is 1. The largest absolute Gasteiger partial charge is 0.503 e. The van der Waals surface area contributed by atoms with E-state index < -0.39 is 11.4 Å². The number of rotatable bonds is 10. The smallest absolute Gasteiger partial charge is 0.305 e. The molecular weight excluding hydrogens is 328 g/mol. The minimum Gasteiger partial charge on any atom is -0.503 e. The van der Waals surface area contributed by atoms with Crippen LogP contribution in [0.1, 0.15) is 37.8 Å². The topological polar surface area (TPSA) is 115 Å². The van der Waals surface area contributed by atoms with E-state index >= 15 is 0 Å². The normalized spacial score (nSPS) is 10.3. The second kappa shape index (κ2) is 10.3. The highest BCUT2D eigenvalue weighted by Crippen LogP contribution is 2.07. The van der Waals surface area contributed by atoms with E-state index in [1.54, 1.807) is 11.5 Å². The molecule has 1 aromatic rings. The number of aryl methyl sites for hydroxylation is 2. The molecule has 1 amide bonds. The Morgan fingerprint density at radius 1 is 1.20 bits per heavy atom. The first-order chi connectivity index (χ1) is 11.8. The van der Waals surface area contributed by atoms with Gasteiger partial charge >= 0.3 is 5.97 Å². The van der Waals surface area contributed by atoms with E-state index in [2.05, 4.69) is 10.1 Å². The van der Waals surface area contributed by atoms with Crippen molar-refractivity contribution in [3.8, 4) is 5.75 Å². The number of hydrogen-bond donors (Lipinski definition) is 2. The van der Waals surface area contributed by atoms with Crippen LogP contribution < -0.4 is 10.7 Å². The van der Waals surface area contributed by atoms with Crippen molar-refractivity contribution < 1.29 is 24.2 Å². The number of methoxy groups -OCH3 is 1. The molecule has 0 spiro atoms. The molecule has 2 N–H and O–H groups in total. The Morgan fingerprint density at radius 2 is 1.92 bits per heavy atom. The number of nitrogens with one attached hydrogen (secondary N) is 1. The molecule has 1 heterocycles. The third-order valence-corrected chi connectivity index (χ3v) is 3.69. The lowest BCUT2D eigenvalue weighted by molar-refractivity contribution is -0.141. The molecule has 1 rings (SSSR count). The van der Waals surface area contributed by atoms with Gasteiger partial charge in [-0.15, -0.1) is 0 Å². The second-order valence-corrected chi connectivity index (χ2v) is 5.71. The summed E-state index contributed by atoms with van der Waals surface area (Å²) in [6, 6.07) is 1.36. The summed E-state index contributed by atoms with van der Waals surface area (Å²) >= 11 is 0. The highest BCUT2D eigenvalue weighted by molar-refractivity contribution is 5.88. The van der Waals surface area contributed by atoms with Gasteiger partial charge in [-0.2, -0.15) is 0 Å². The second-order valence-electron chi connectivity index (χ2n) is 5.71. The van der Waals surface area contributed by atoms with Gasteiger partial charge in [-0.25, -0.2) is 0 Å². The summed E-state index contributed by atoms with van der Waals surface area (Å²) in [4.78, 5) is 45.4. The van der Waals surface area contributed by atoms with Gasteiger partial charge in [-0.05, 0) is 19.8 Å². The maximum atomic E-state index is 11.7. The van der Waals surface area contributed by atoms with Crippen LogP contribution >= 0.6 is 0 Å². The quantitative estimate of drug-likeness (QED) is 0.472. The van der Waals surface area contributed by atoms with Crippen LogP contribution in [0.15, 0.2) is 17.1 Å². The molecule has 8 nitrogen and oxygen atoms in total. The van der Waals surface area contributed by atoms with Gasteiger partial charge in [0.05, 0.1) is 20.1 Å². The highest BCUT2D eigenvalue weighted by Gasteiger charge is 2.09. The lowest BCUT2D eigenvalue weighted by Gasteiger charge is -2.10. The number of hydrogen-bond acceptors (Lipinski definition) is 6. The molecular formula is C17H24N2O6. The number of aromatic hydroxyl groups is 1. The first-order valence-corrected chi connectivity index (χ1v) is 8.08. The predicted molar refractivity (Wildman–Crippen MR) is 90.2 cm³/mol. The first-order valence-electron chi connectivity index (χ1n) is 8.08. The third kappa shape index (κ3) is 7.65. The maximum Gasteiger partial charge on any atom is 0.305 e. The van der Waals surface area contributed by atoms with E-state index in [-0.39, 0.29) is 43.2 Å². The number of carbonyl (C=O) groups excluding carboxylic acids is 3. The average molecular weight is 352 g/mol. The van der Waals surface area contributed by atoms with Gasteiger partial charge in [0.25, 0.3) is 0 Å². The maximum absolute atomic E-state index is 11.7. The van der Waals surface area contributed by atoms with Gasteiger partial charge < -0.3 is 19.7 Å². The number of ketones is 1. The molecule has 0 aliphatic rings. The fraction of sp³-hybridized carbons (Fsp3) is 0.529. The Morgan fingerprint density at radius 3 is 2.60 bits per heavy atom. The molecule has 0 saturated carbocycles. The molecule has 0 bridgehead atoms. The van der Waals surface area contributed by atoms with E-state index in [4.69, 9.17) is 0 Å². The number of unbranched alkanes of at least 4 members (excludes halogenated alkanes) is 1. The van der Waals surface area contributed by atoms with Crippen molar-refractivity contribution in [2.45, 2.75) is 45.6 Å². The van der Waals surface area contributed by atoms with E-state index in [0.717, 1.165) is 5.69 Å². The van der Waals surface area contributed by atoms with Gasteiger partial charge in [0.15, 0.2) is 11.5 Å².